The fourth-order valence-corrected chi connectivity index (χ4v) is 17.1. The van der Waals surface area contributed by atoms with E-state index in [1.165, 1.54) is 0 Å². The summed E-state index contributed by atoms with van der Waals surface area (Å²) < 4.78 is 17.7. The van der Waals surface area contributed by atoms with Crippen molar-refractivity contribution in [3.63, 3.8) is 0 Å². The molecule has 0 amide bonds. The summed E-state index contributed by atoms with van der Waals surface area (Å²) in [6, 6.07) is 6.90. The highest BCUT2D eigenvalue weighted by atomic mass is 79.9. The van der Waals surface area contributed by atoms with Gasteiger partial charge in [-0.25, -0.2) is 4.39 Å². The average molecular weight is 578 g/mol. The third-order valence-electron chi connectivity index (χ3n) is 8.11. The van der Waals surface area contributed by atoms with Crippen LogP contribution < -0.4 is 0 Å². The SMILES string of the molecule is CC(C)[Si](C#CC(=O)[C@](F)(C#C[Si](C(C)C)(C(C)C)C(C)C)c1cccc(Br)c1)(C(C)C)C(C)C. The summed E-state index contributed by atoms with van der Waals surface area (Å²) in [7, 11) is -4.44. The summed E-state index contributed by atoms with van der Waals surface area (Å²) >= 11 is 3.45. The molecular weight excluding hydrogens is 531 g/mol. The van der Waals surface area contributed by atoms with E-state index in [0.29, 0.717) is 33.2 Å². The molecular formula is C30H46BrFOSi2. The Morgan fingerprint density at radius 3 is 1.54 bits per heavy atom. The molecule has 1 aromatic carbocycles. The number of ketones is 1. The number of halogens is 2. The van der Waals surface area contributed by atoms with E-state index in [1.807, 2.05) is 6.07 Å². The van der Waals surface area contributed by atoms with Gasteiger partial charge in [0.15, 0.2) is 0 Å². The van der Waals surface area contributed by atoms with Crippen molar-refractivity contribution in [1.29, 1.82) is 0 Å². The molecule has 0 aromatic heterocycles. The maximum absolute atomic E-state index is 17.0. The standard InChI is InChI=1S/C30H46BrFOSi2/c1-21(2)34(22(3)4,23(5)6)18-16-29(33)30(32,27-14-13-15-28(31)20-27)17-19-35(24(7)8,25(9)10)26(11)12/h13-15,20-26H,1-12H3/t30-/m0/s1. The van der Waals surface area contributed by atoms with Crippen molar-refractivity contribution < 1.29 is 9.18 Å². The summed E-state index contributed by atoms with van der Waals surface area (Å²) in [6.45, 7) is 26.3. The van der Waals surface area contributed by atoms with Gasteiger partial charge in [-0.3, -0.25) is 4.79 Å². The van der Waals surface area contributed by atoms with E-state index >= 15 is 4.39 Å². The molecule has 1 atom stereocenters. The van der Waals surface area contributed by atoms with Crippen molar-refractivity contribution in [3.05, 3.63) is 34.3 Å². The first-order valence-electron chi connectivity index (χ1n) is 13.1. The van der Waals surface area contributed by atoms with Crippen LogP contribution in [0.2, 0.25) is 33.2 Å². The van der Waals surface area contributed by atoms with Crippen molar-refractivity contribution >= 4 is 37.9 Å². The maximum atomic E-state index is 17.0. The minimum atomic E-state index is -2.46. The van der Waals surface area contributed by atoms with E-state index in [-0.39, 0.29) is 5.56 Å². The Kier molecular flexibility index (Phi) is 11.3. The van der Waals surface area contributed by atoms with Gasteiger partial charge in [0.25, 0.3) is 11.5 Å². The van der Waals surface area contributed by atoms with E-state index in [1.54, 1.807) is 18.2 Å². The van der Waals surface area contributed by atoms with E-state index in [0.717, 1.165) is 4.47 Å². The van der Waals surface area contributed by atoms with Crippen LogP contribution in [0.3, 0.4) is 0 Å². The topological polar surface area (TPSA) is 17.1 Å². The van der Waals surface area contributed by atoms with Crippen molar-refractivity contribution in [1.82, 2.24) is 0 Å². The van der Waals surface area contributed by atoms with Gasteiger partial charge < -0.3 is 0 Å². The largest absolute Gasteiger partial charge is 0.280 e. The third-order valence-corrected chi connectivity index (χ3v) is 21.2. The third kappa shape index (κ3) is 6.41. The van der Waals surface area contributed by atoms with Crippen molar-refractivity contribution in [3.8, 4) is 22.9 Å². The lowest BCUT2D eigenvalue weighted by Gasteiger charge is -2.38. The van der Waals surface area contributed by atoms with Gasteiger partial charge in [-0.1, -0.05) is 117 Å². The first-order chi connectivity index (χ1) is 16.0. The molecule has 5 heteroatoms. The van der Waals surface area contributed by atoms with E-state index in [9.17, 15) is 4.79 Å². The van der Waals surface area contributed by atoms with Crippen LogP contribution in [-0.4, -0.2) is 21.9 Å². The van der Waals surface area contributed by atoms with Crippen molar-refractivity contribution in [2.45, 2.75) is 122 Å². The van der Waals surface area contributed by atoms with Crippen LogP contribution in [0.5, 0.6) is 0 Å². The second-order valence-electron chi connectivity index (χ2n) is 11.8. The molecule has 35 heavy (non-hydrogen) atoms. The normalized spacial score (nSPS) is 14.3. The molecule has 1 nitrogen and oxygen atoms in total. The first-order valence-corrected chi connectivity index (χ1v) is 18.3. The van der Waals surface area contributed by atoms with Gasteiger partial charge in [0.05, 0.1) is 0 Å². The number of alkyl halides is 1. The monoisotopic (exact) mass is 576 g/mol. The molecule has 0 aliphatic carbocycles. The molecule has 0 aliphatic heterocycles. The maximum Gasteiger partial charge on any atom is 0.265 e. The minimum absolute atomic E-state index is 0.253. The fourth-order valence-electron chi connectivity index (χ4n) is 6.27. The Balaban J connectivity index is 3.90. The number of hydrogen-bond donors (Lipinski definition) is 0. The smallest absolute Gasteiger partial charge is 0.265 e. The molecule has 0 fully saturated rings. The summed E-state index contributed by atoms with van der Waals surface area (Å²) in [5, 5.41) is 0. The van der Waals surface area contributed by atoms with Crippen LogP contribution in [0.15, 0.2) is 28.7 Å². The van der Waals surface area contributed by atoms with Gasteiger partial charge in [-0.15, -0.1) is 11.1 Å². The summed E-state index contributed by atoms with van der Waals surface area (Å²) in [5.74, 6) is 5.05. The Morgan fingerprint density at radius 2 is 1.17 bits per heavy atom. The van der Waals surface area contributed by atoms with Crippen LogP contribution in [-0.2, 0) is 10.5 Å². The molecule has 0 radical (unpaired) electrons. The van der Waals surface area contributed by atoms with Crippen LogP contribution >= 0.6 is 15.9 Å². The average Bonchev–Trinajstić information content (AvgIpc) is 2.72. The van der Waals surface area contributed by atoms with Crippen LogP contribution in [0, 0.1) is 22.9 Å². The van der Waals surface area contributed by atoms with E-state index in [4.69, 9.17) is 0 Å². The van der Waals surface area contributed by atoms with Gasteiger partial charge in [-0.05, 0) is 51.3 Å². The highest BCUT2D eigenvalue weighted by Crippen LogP contribution is 2.42. The van der Waals surface area contributed by atoms with E-state index < -0.39 is 27.6 Å². The lowest BCUT2D eigenvalue weighted by Crippen LogP contribution is -2.44. The Bertz CT molecular complexity index is 961. The number of Topliss-reactive ketones (excluding diaryl/α,β-unsaturated/α-hetero) is 1. The summed E-state index contributed by atoms with van der Waals surface area (Å²) in [6.07, 6.45) is 0. The molecule has 0 saturated heterocycles. The van der Waals surface area contributed by atoms with Crippen molar-refractivity contribution in [2.24, 2.45) is 0 Å². The second kappa shape index (κ2) is 12.4. The van der Waals surface area contributed by atoms with Crippen LogP contribution in [0.25, 0.3) is 0 Å². The molecule has 0 saturated carbocycles. The van der Waals surface area contributed by atoms with Gasteiger partial charge in [0.2, 0.25) is 0 Å². The van der Waals surface area contributed by atoms with Gasteiger partial charge in [0.1, 0.15) is 16.1 Å². The Labute approximate surface area is 225 Å². The number of benzene rings is 1. The molecule has 0 N–H and O–H groups in total. The minimum Gasteiger partial charge on any atom is -0.280 e. The second-order valence-corrected chi connectivity index (χ2v) is 23.9. The number of carbonyl (C=O) groups is 1. The summed E-state index contributed by atoms with van der Waals surface area (Å²) in [4.78, 5) is 13.7. The molecule has 0 unspecified atom stereocenters. The predicted molar refractivity (Wildman–Crippen MR) is 160 cm³/mol. The predicted octanol–water partition coefficient (Wildman–Crippen LogP) is 9.63. The fraction of sp³-hybridized carbons (Fsp3) is 0.633. The molecule has 194 valence electrons. The van der Waals surface area contributed by atoms with E-state index in [2.05, 4.69) is 122 Å². The van der Waals surface area contributed by atoms with Gasteiger partial charge in [-0.2, -0.15) is 0 Å². The van der Waals surface area contributed by atoms with Gasteiger partial charge >= 0.3 is 0 Å². The van der Waals surface area contributed by atoms with Gasteiger partial charge in [0, 0.05) is 10.0 Å². The number of rotatable bonds is 8. The number of hydrogen-bond acceptors (Lipinski definition) is 1. The molecule has 0 spiro atoms. The molecule has 1 aromatic rings. The molecule has 0 heterocycles. The van der Waals surface area contributed by atoms with Crippen LogP contribution in [0.1, 0.15) is 88.6 Å². The van der Waals surface area contributed by atoms with Crippen molar-refractivity contribution in [2.75, 3.05) is 0 Å². The first kappa shape index (κ1) is 31.9. The Hall–Kier alpha value is -1.15. The zero-order valence-electron chi connectivity index (χ0n) is 23.9. The zero-order valence-corrected chi connectivity index (χ0v) is 27.5. The molecule has 1 rings (SSSR count). The summed E-state index contributed by atoms with van der Waals surface area (Å²) in [5.41, 5.74) is 6.76. The lowest BCUT2D eigenvalue weighted by molar-refractivity contribution is -0.121. The number of carbonyl (C=O) groups excluding carboxylic acids is 1. The highest BCUT2D eigenvalue weighted by Gasteiger charge is 2.45. The lowest BCUT2D eigenvalue weighted by atomic mass is 9.92. The van der Waals surface area contributed by atoms with Crippen LogP contribution in [0.4, 0.5) is 4.39 Å². The Morgan fingerprint density at radius 1 is 0.771 bits per heavy atom. The molecule has 0 bridgehead atoms. The quantitative estimate of drug-likeness (QED) is 0.222. The zero-order chi connectivity index (χ0) is 27.4. The molecule has 0 aliphatic rings. The highest BCUT2D eigenvalue weighted by molar-refractivity contribution is 9.10.